The second-order valence-corrected chi connectivity index (χ2v) is 6.08. The van der Waals surface area contributed by atoms with Crippen LogP contribution in [0.4, 0.5) is 0 Å². The summed E-state index contributed by atoms with van der Waals surface area (Å²) in [5.41, 5.74) is 2.14. The first kappa shape index (κ1) is 17.4. The molecule has 0 radical (unpaired) electrons. The molecule has 0 aliphatic heterocycles. The van der Waals surface area contributed by atoms with Crippen molar-refractivity contribution in [1.82, 2.24) is 0 Å². The number of hydrogen-bond donors (Lipinski definition) is 1. The minimum absolute atomic E-state index is 0.461. The van der Waals surface area contributed by atoms with E-state index in [0.29, 0.717) is 11.6 Å². The summed E-state index contributed by atoms with van der Waals surface area (Å²) < 4.78 is 16.9. The van der Waals surface area contributed by atoms with Crippen molar-refractivity contribution in [2.75, 3.05) is 7.11 Å². The Morgan fingerprint density at radius 1 is 1.00 bits per heavy atom. The third-order valence-electron chi connectivity index (χ3n) is 3.87. The Kier molecular flexibility index (Phi) is 5.99. The number of halogens is 1. The minimum atomic E-state index is 0.461. The Labute approximate surface area is 152 Å². The molecular formula is C20H21ClNO3+. The highest BCUT2D eigenvalue weighted by Crippen LogP contribution is 2.31. The second-order valence-electron chi connectivity index (χ2n) is 5.64. The highest BCUT2D eigenvalue weighted by molar-refractivity contribution is 6.30. The van der Waals surface area contributed by atoms with Gasteiger partial charge in [0.15, 0.2) is 17.3 Å². The van der Waals surface area contributed by atoms with E-state index in [0.717, 1.165) is 41.5 Å². The van der Waals surface area contributed by atoms with Crippen molar-refractivity contribution in [3.05, 3.63) is 82.8 Å². The Morgan fingerprint density at radius 2 is 1.84 bits per heavy atom. The number of furan rings is 1. The Morgan fingerprint density at radius 3 is 2.56 bits per heavy atom. The van der Waals surface area contributed by atoms with Crippen LogP contribution in [0.15, 0.2) is 65.3 Å². The van der Waals surface area contributed by atoms with Gasteiger partial charge in [0.05, 0.1) is 18.9 Å². The largest absolute Gasteiger partial charge is 0.493 e. The normalized spacial score (nSPS) is 10.6. The van der Waals surface area contributed by atoms with Crippen molar-refractivity contribution < 1.29 is 19.2 Å². The van der Waals surface area contributed by atoms with Gasteiger partial charge in [0.25, 0.3) is 0 Å². The van der Waals surface area contributed by atoms with Crippen LogP contribution in [0.3, 0.4) is 0 Å². The fourth-order valence-electron chi connectivity index (χ4n) is 2.58. The SMILES string of the molecule is COc1cccc(C[NH2+]Cc2ccco2)c1OCc1ccc(Cl)cc1. The van der Waals surface area contributed by atoms with Crippen molar-refractivity contribution in [2.24, 2.45) is 0 Å². The number of methoxy groups -OCH3 is 1. The van der Waals surface area contributed by atoms with E-state index in [1.165, 1.54) is 0 Å². The van der Waals surface area contributed by atoms with Crippen LogP contribution >= 0.6 is 11.6 Å². The Bertz CT molecular complexity index is 785. The molecule has 1 aromatic heterocycles. The predicted octanol–water partition coefficient (Wildman–Crippen LogP) is 3.78. The van der Waals surface area contributed by atoms with Gasteiger partial charge >= 0.3 is 0 Å². The van der Waals surface area contributed by atoms with Gasteiger partial charge in [0.1, 0.15) is 19.7 Å². The molecule has 0 amide bonds. The standard InChI is InChI=1S/C20H20ClNO3/c1-23-19-6-2-4-16(12-22-13-18-5-3-11-24-18)20(19)25-14-15-7-9-17(21)10-8-15/h2-11,22H,12-14H2,1H3/p+1. The maximum atomic E-state index is 6.06. The summed E-state index contributed by atoms with van der Waals surface area (Å²) in [5.74, 6) is 2.46. The zero-order chi connectivity index (χ0) is 17.5. The first-order valence-corrected chi connectivity index (χ1v) is 8.51. The summed E-state index contributed by atoms with van der Waals surface area (Å²) in [7, 11) is 1.65. The summed E-state index contributed by atoms with van der Waals surface area (Å²) in [6.45, 7) is 2.01. The summed E-state index contributed by atoms with van der Waals surface area (Å²) in [6, 6.07) is 17.5. The van der Waals surface area contributed by atoms with Crippen LogP contribution in [-0.2, 0) is 19.7 Å². The number of hydrogen-bond acceptors (Lipinski definition) is 3. The van der Waals surface area contributed by atoms with E-state index in [-0.39, 0.29) is 0 Å². The zero-order valence-electron chi connectivity index (χ0n) is 14.1. The Balaban J connectivity index is 1.68. The Hall–Kier alpha value is -2.43. The first-order valence-electron chi connectivity index (χ1n) is 8.13. The highest BCUT2D eigenvalue weighted by Gasteiger charge is 2.12. The molecule has 3 aromatic rings. The van der Waals surface area contributed by atoms with Gasteiger partial charge in [-0.25, -0.2) is 0 Å². The van der Waals surface area contributed by atoms with Crippen LogP contribution in [-0.4, -0.2) is 7.11 Å². The van der Waals surface area contributed by atoms with E-state index in [1.54, 1.807) is 13.4 Å². The van der Waals surface area contributed by atoms with E-state index in [2.05, 4.69) is 11.4 Å². The number of para-hydroxylation sites is 1. The third-order valence-corrected chi connectivity index (χ3v) is 4.12. The van der Waals surface area contributed by atoms with Gasteiger partial charge in [-0.05, 0) is 42.0 Å². The van der Waals surface area contributed by atoms with Crippen molar-refractivity contribution in [2.45, 2.75) is 19.7 Å². The van der Waals surface area contributed by atoms with Crippen molar-refractivity contribution >= 4 is 11.6 Å². The lowest BCUT2D eigenvalue weighted by atomic mass is 10.1. The molecule has 0 saturated carbocycles. The molecule has 130 valence electrons. The average Bonchev–Trinajstić information content (AvgIpc) is 3.15. The molecule has 1 heterocycles. The molecule has 0 atom stereocenters. The van der Waals surface area contributed by atoms with Gasteiger partial charge in [-0.1, -0.05) is 29.8 Å². The summed E-state index contributed by atoms with van der Waals surface area (Å²) >= 11 is 5.93. The second kappa shape index (κ2) is 8.60. The minimum Gasteiger partial charge on any atom is -0.493 e. The lowest BCUT2D eigenvalue weighted by Crippen LogP contribution is -2.80. The molecule has 2 N–H and O–H groups in total. The summed E-state index contributed by atoms with van der Waals surface area (Å²) in [6.07, 6.45) is 1.69. The van der Waals surface area contributed by atoms with E-state index >= 15 is 0 Å². The van der Waals surface area contributed by atoms with Crippen LogP contribution in [0.2, 0.25) is 5.02 Å². The van der Waals surface area contributed by atoms with Crippen LogP contribution in [0, 0.1) is 0 Å². The number of quaternary nitrogens is 1. The van der Waals surface area contributed by atoms with Gasteiger partial charge in [-0.2, -0.15) is 0 Å². The molecule has 0 aliphatic carbocycles. The van der Waals surface area contributed by atoms with Crippen LogP contribution in [0.5, 0.6) is 11.5 Å². The fourth-order valence-corrected chi connectivity index (χ4v) is 2.71. The van der Waals surface area contributed by atoms with Crippen molar-refractivity contribution in [3.63, 3.8) is 0 Å². The predicted molar refractivity (Wildman–Crippen MR) is 96.8 cm³/mol. The average molecular weight is 359 g/mol. The van der Waals surface area contributed by atoms with Gasteiger partial charge in [0, 0.05) is 5.02 Å². The van der Waals surface area contributed by atoms with Crippen LogP contribution in [0.1, 0.15) is 16.9 Å². The van der Waals surface area contributed by atoms with E-state index in [4.69, 9.17) is 25.5 Å². The van der Waals surface area contributed by atoms with E-state index < -0.39 is 0 Å². The quantitative estimate of drug-likeness (QED) is 0.666. The maximum Gasteiger partial charge on any atom is 0.170 e. The number of benzene rings is 2. The monoisotopic (exact) mass is 358 g/mol. The van der Waals surface area contributed by atoms with Crippen LogP contribution in [0.25, 0.3) is 0 Å². The molecule has 0 aliphatic rings. The molecule has 0 fully saturated rings. The first-order chi connectivity index (χ1) is 12.3. The number of nitrogens with two attached hydrogens (primary N) is 1. The topological polar surface area (TPSA) is 48.2 Å². The zero-order valence-corrected chi connectivity index (χ0v) is 14.8. The van der Waals surface area contributed by atoms with Crippen molar-refractivity contribution in [1.29, 1.82) is 0 Å². The lowest BCUT2D eigenvalue weighted by Gasteiger charge is -2.14. The molecule has 0 unspecified atom stereocenters. The molecule has 0 bridgehead atoms. The smallest absolute Gasteiger partial charge is 0.170 e. The van der Waals surface area contributed by atoms with Gasteiger partial charge < -0.3 is 19.2 Å². The maximum absolute atomic E-state index is 6.06. The fraction of sp³-hybridized carbons (Fsp3) is 0.200. The molecule has 0 saturated heterocycles. The third kappa shape index (κ3) is 4.78. The molecule has 2 aromatic carbocycles. The molecule has 5 heteroatoms. The van der Waals surface area contributed by atoms with Gasteiger partial charge in [-0.15, -0.1) is 0 Å². The number of ether oxygens (including phenoxy) is 2. The molecule has 25 heavy (non-hydrogen) atoms. The summed E-state index contributed by atoms with van der Waals surface area (Å²) in [4.78, 5) is 0. The van der Waals surface area contributed by atoms with Gasteiger partial charge in [-0.3, -0.25) is 0 Å². The van der Waals surface area contributed by atoms with Crippen LogP contribution < -0.4 is 14.8 Å². The lowest BCUT2D eigenvalue weighted by molar-refractivity contribution is -0.688. The van der Waals surface area contributed by atoms with E-state index in [9.17, 15) is 0 Å². The molecular weight excluding hydrogens is 338 g/mol. The highest BCUT2D eigenvalue weighted by atomic mass is 35.5. The molecule has 0 spiro atoms. The molecule has 3 rings (SSSR count). The van der Waals surface area contributed by atoms with Crippen molar-refractivity contribution in [3.8, 4) is 11.5 Å². The van der Waals surface area contributed by atoms with Gasteiger partial charge in [0.2, 0.25) is 0 Å². The number of rotatable bonds is 8. The van der Waals surface area contributed by atoms with E-state index in [1.807, 2.05) is 48.5 Å². The summed E-state index contributed by atoms with van der Waals surface area (Å²) in [5, 5.41) is 2.89. The molecule has 4 nitrogen and oxygen atoms in total.